The molecule has 1 aromatic heterocycles. The Morgan fingerprint density at radius 3 is 2.75 bits per heavy atom. The summed E-state index contributed by atoms with van der Waals surface area (Å²) < 4.78 is 30.6. The molecule has 0 N–H and O–H groups in total. The zero-order valence-electron chi connectivity index (χ0n) is 18.1. The van der Waals surface area contributed by atoms with Crippen LogP contribution < -0.4 is 14.4 Å². The molecule has 172 valence electrons. The highest BCUT2D eigenvalue weighted by molar-refractivity contribution is 6.29. The summed E-state index contributed by atoms with van der Waals surface area (Å²) in [7, 11) is 0. The number of aromatic nitrogens is 1. The van der Waals surface area contributed by atoms with Crippen LogP contribution in [0.1, 0.15) is 18.1 Å². The number of carbonyl (C=O) groups excluding carboxylic acids is 1. The molecule has 3 heterocycles. The van der Waals surface area contributed by atoms with Crippen LogP contribution in [0, 0.1) is 5.82 Å². The summed E-state index contributed by atoms with van der Waals surface area (Å²) in [6.45, 7) is 6.65. The van der Waals surface area contributed by atoms with Crippen LogP contribution in [0.5, 0.6) is 11.8 Å². The fourth-order valence-corrected chi connectivity index (χ4v) is 4.04. The Hall–Kier alpha value is -2.42. The standard InChI is InChI=1S/C23H27ClFN3O4/c1-16-15-32-23-20(28(16)21(29)14-24)13-18(12-17-2-4-19(25)5-3-17)22(26-23)31-11-8-27-6-9-30-10-7-27/h2-5,13,16H,6-12,14-15H2,1H3. The van der Waals surface area contributed by atoms with E-state index in [-0.39, 0.29) is 23.6 Å². The molecule has 1 amide bonds. The SMILES string of the molecule is CC1COc2nc(OCCN3CCOCC3)c(Cc3ccc(F)cc3)cc2N1C(=O)CCl. The maximum atomic E-state index is 13.4. The van der Waals surface area contributed by atoms with Crippen LogP contribution in [0.4, 0.5) is 10.1 Å². The van der Waals surface area contributed by atoms with Gasteiger partial charge in [0.25, 0.3) is 0 Å². The molecule has 0 radical (unpaired) electrons. The van der Waals surface area contributed by atoms with E-state index in [0.29, 0.717) is 37.1 Å². The molecule has 1 fully saturated rings. The van der Waals surface area contributed by atoms with Gasteiger partial charge in [-0.05, 0) is 30.7 Å². The summed E-state index contributed by atoms with van der Waals surface area (Å²) in [6, 6.07) is 8.02. The van der Waals surface area contributed by atoms with E-state index in [1.807, 2.05) is 13.0 Å². The van der Waals surface area contributed by atoms with Crippen molar-refractivity contribution in [2.24, 2.45) is 0 Å². The van der Waals surface area contributed by atoms with Crippen molar-refractivity contribution in [1.29, 1.82) is 0 Å². The van der Waals surface area contributed by atoms with E-state index in [1.165, 1.54) is 12.1 Å². The predicted molar refractivity (Wildman–Crippen MR) is 119 cm³/mol. The second-order valence-corrected chi connectivity index (χ2v) is 8.21. The van der Waals surface area contributed by atoms with Crippen molar-refractivity contribution in [2.75, 3.05) is 56.8 Å². The molecule has 1 saturated heterocycles. The van der Waals surface area contributed by atoms with Crippen LogP contribution in [0.15, 0.2) is 30.3 Å². The fraction of sp³-hybridized carbons (Fsp3) is 0.478. The fourth-order valence-electron chi connectivity index (χ4n) is 3.91. The summed E-state index contributed by atoms with van der Waals surface area (Å²) in [4.78, 5) is 21.0. The first-order chi connectivity index (χ1) is 15.5. The summed E-state index contributed by atoms with van der Waals surface area (Å²) in [5, 5.41) is 0. The molecule has 9 heteroatoms. The largest absolute Gasteiger partial charge is 0.476 e. The van der Waals surface area contributed by atoms with Crippen molar-refractivity contribution < 1.29 is 23.4 Å². The van der Waals surface area contributed by atoms with Gasteiger partial charge in [-0.25, -0.2) is 4.39 Å². The highest BCUT2D eigenvalue weighted by Gasteiger charge is 2.31. The third kappa shape index (κ3) is 5.31. The van der Waals surface area contributed by atoms with Crippen LogP contribution in [0.25, 0.3) is 0 Å². The van der Waals surface area contributed by atoms with Crippen molar-refractivity contribution in [1.82, 2.24) is 9.88 Å². The number of hydrogen-bond acceptors (Lipinski definition) is 6. The van der Waals surface area contributed by atoms with E-state index >= 15 is 0 Å². The minimum Gasteiger partial charge on any atom is -0.476 e. The average Bonchev–Trinajstić information content (AvgIpc) is 2.81. The van der Waals surface area contributed by atoms with Gasteiger partial charge in [-0.1, -0.05) is 12.1 Å². The number of rotatable bonds is 7. The third-order valence-corrected chi connectivity index (χ3v) is 5.84. The number of anilines is 1. The lowest BCUT2D eigenvalue weighted by Crippen LogP contribution is -2.46. The molecule has 0 aliphatic carbocycles. The van der Waals surface area contributed by atoms with Crippen LogP contribution in [0.3, 0.4) is 0 Å². The Morgan fingerprint density at radius 1 is 1.28 bits per heavy atom. The second kappa shape index (κ2) is 10.5. The Kier molecular flexibility index (Phi) is 7.44. The van der Waals surface area contributed by atoms with Crippen molar-refractivity contribution in [3.05, 3.63) is 47.3 Å². The van der Waals surface area contributed by atoms with Gasteiger partial charge < -0.3 is 19.1 Å². The van der Waals surface area contributed by atoms with E-state index in [0.717, 1.165) is 44.0 Å². The lowest BCUT2D eigenvalue weighted by atomic mass is 10.0. The van der Waals surface area contributed by atoms with E-state index in [2.05, 4.69) is 9.88 Å². The van der Waals surface area contributed by atoms with E-state index in [9.17, 15) is 9.18 Å². The van der Waals surface area contributed by atoms with Gasteiger partial charge in [0.05, 0.1) is 19.3 Å². The van der Waals surface area contributed by atoms with Crippen molar-refractivity contribution in [3.63, 3.8) is 0 Å². The molecule has 2 aliphatic heterocycles. The normalized spacial score (nSPS) is 18.7. The molecule has 1 atom stereocenters. The van der Waals surface area contributed by atoms with Gasteiger partial charge in [0, 0.05) is 31.6 Å². The van der Waals surface area contributed by atoms with E-state index in [4.69, 9.17) is 25.8 Å². The van der Waals surface area contributed by atoms with Crippen LogP contribution in [0.2, 0.25) is 0 Å². The van der Waals surface area contributed by atoms with Gasteiger partial charge >= 0.3 is 0 Å². The monoisotopic (exact) mass is 463 g/mol. The lowest BCUT2D eigenvalue weighted by Gasteiger charge is -2.34. The molecule has 1 unspecified atom stereocenters. The zero-order chi connectivity index (χ0) is 22.5. The van der Waals surface area contributed by atoms with Gasteiger partial charge in [0.2, 0.25) is 17.7 Å². The minimum atomic E-state index is -0.291. The van der Waals surface area contributed by atoms with Crippen LogP contribution >= 0.6 is 11.6 Å². The molecule has 1 aromatic carbocycles. The Bertz CT molecular complexity index is 938. The molecule has 32 heavy (non-hydrogen) atoms. The minimum absolute atomic E-state index is 0.130. The van der Waals surface area contributed by atoms with Gasteiger partial charge in [0.1, 0.15) is 30.6 Å². The third-order valence-electron chi connectivity index (χ3n) is 5.61. The topological polar surface area (TPSA) is 64.1 Å². The summed E-state index contributed by atoms with van der Waals surface area (Å²) >= 11 is 5.85. The summed E-state index contributed by atoms with van der Waals surface area (Å²) in [5.74, 6) is 0.175. The molecule has 0 saturated carbocycles. The number of pyridine rings is 1. The molecule has 2 aromatic rings. The smallest absolute Gasteiger partial charge is 0.242 e. The number of amides is 1. The molecular weight excluding hydrogens is 437 g/mol. The Balaban J connectivity index is 1.61. The first kappa shape index (κ1) is 22.8. The van der Waals surface area contributed by atoms with Crippen molar-refractivity contribution in [3.8, 4) is 11.8 Å². The molecule has 4 rings (SSSR count). The first-order valence-electron chi connectivity index (χ1n) is 10.8. The number of carbonyl (C=O) groups is 1. The van der Waals surface area contributed by atoms with Crippen LogP contribution in [-0.4, -0.2) is 73.8 Å². The summed E-state index contributed by atoms with van der Waals surface area (Å²) in [6.07, 6.45) is 0.477. The average molecular weight is 464 g/mol. The molecular formula is C23H27ClFN3O4. The number of halogens is 2. The van der Waals surface area contributed by atoms with Crippen LogP contribution in [-0.2, 0) is 16.0 Å². The van der Waals surface area contributed by atoms with Gasteiger partial charge in [-0.2, -0.15) is 4.98 Å². The first-order valence-corrected chi connectivity index (χ1v) is 11.3. The zero-order valence-corrected chi connectivity index (χ0v) is 18.8. The molecule has 7 nitrogen and oxygen atoms in total. The number of hydrogen-bond donors (Lipinski definition) is 0. The summed E-state index contributed by atoms with van der Waals surface area (Å²) in [5.41, 5.74) is 2.28. The number of ether oxygens (including phenoxy) is 3. The number of fused-ring (bicyclic) bond motifs is 1. The maximum absolute atomic E-state index is 13.4. The van der Waals surface area contributed by atoms with Gasteiger partial charge in [0.15, 0.2) is 0 Å². The van der Waals surface area contributed by atoms with Gasteiger partial charge in [-0.3, -0.25) is 9.69 Å². The van der Waals surface area contributed by atoms with E-state index < -0.39 is 0 Å². The second-order valence-electron chi connectivity index (χ2n) is 7.94. The van der Waals surface area contributed by atoms with Gasteiger partial charge in [-0.15, -0.1) is 11.6 Å². The number of benzene rings is 1. The van der Waals surface area contributed by atoms with Crippen molar-refractivity contribution in [2.45, 2.75) is 19.4 Å². The number of morpholine rings is 1. The van der Waals surface area contributed by atoms with Crippen molar-refractivity contribution >= 4 is 23.2 Å². The lowest BCUT2D eigenvalue weighted by molar-refractivity contribution is -0.117. The molecule has 0 bridgehead atoms. The number of nitrogens with zero attached hydrogens (tertiary/aromatic N) is 3. The maximum Gasteiger partial charge on any atom is 0.242 e. The van der Waals surface area contributed by atoms with E-state index in [1.54, 1.807) is 17.0 Å². The number of alkyl halides is 1. The quantitative estimate of drug-likeness (QED) is 0.588. The Morgan fingerprint density at radius 2 is 2.03 bits per heavy atom. The predicted octanol–water partition coefficient (Wildman–Crippen LogP) is 2.88. The highest BCUT2D eigenvalue weighted by atomic mass is 35.5. The highest BCUT2D eigenvalue weighted by Crippen LogP contribution is 2.37. The Labute approximate surface area is 192 Å². The molecule has 0 spiro atoms. The molecule has 2 aliphatic rings.